The number of hydrogen-bond donors (Lipinski definition) is 2. The molecule has 0 bridgehead atoms. The van der Waals surface area contributed by atoms with Gasteiger partial charge >= 0.3 is 6.11 Å². The van der Waals surface area contributed by atoms with Crippen LogP contribution >= 0.6 is 15.9 Å². The van der Waals surface area contributed by atoms with Crippen molar-refractivity contribution in [1.82, 2.24) is 15.1 Å². The average molecular weight is 596 g/mol. The van der Waals surface area contributed by atoms with E-state index in [1.54, 1.807) is 0 Å². The molecule has 3 saturated heterocycles. The first-order valence-corrected chi connectivity index (χ1v) is 12.6. The zero-order valence-electron chi connectivity index (χ0n) is 19.7. The number of nitro benzene ring substituents is 1. The van der Waals surface area contributed by atoms with E-state index >= 15 is 0 Å². The van der Waals surface area contributed by atoms with Gasteiger partial charge < -0.3 is 25.2 Å². The second kappa shape index (κ2) is 10.7. The first-order valence-electron chi connectivity index (χ1n) is 11.8. The van der Waals surface area contributed by atoms with E-state index in [-0.39, 0.29) is 35.4 Å². The Morgan fingerprint density at radius 2 is 1.97 bits per heavy atom. The maximum absolute atomic E-state index is 13.8. The van der Waals surface area contributed by atoms with Gasteiger partial charge in [0.25, 0.3) is 17.5 Å². The van der Waals surface area contributed by atoms with Gasteiger partial charge in [-0.1, -0.05) is 15.9 Å². The Morgan fingerprint density at radius 3 is 2.65 bits per heavy atom. The van der Waals surface area contributed by atoms with Crippen LogP contribution in [0, 0.1) is 16.0 Å². The highest BCUT2D eigenvalue weighted by Crippen LogP contribution is 2.36. The number of halogens is 5. The summed E-state index contributed by atoms with van der Waals surface area (Å²) >= 11 is 3.14. The van der Waals surface area contributed by atoms with Crippen LogP contribution in [0.4, 0.5) is 28.9 Å². The minimum atomic E-state index is -3.55. The predicted molar refractivity (Wildman–Crippen MR) is 127 cm³/mol. The molecule has 15 heteroatoms. The van der Waals surface area contributed by atoms with Crippen molar-refractivity contribution in [3.05, 3.63) is 32.3 Å². The number of morpholine rings is 1. The van der Waals surface area contributed by atoms with Crippen molar-refractivity contribution in [1.29, 1.82) is 0 Å². The lowest BCUT2D eigenvalue weighted by Crippen LogP contribution is -2.53. The summed E-state index contributed by atoms with van der Waals surface area (Å²) in [6.45, 7) is -1.46. The van der Waals surface area contributed by atoms with Crippen molar-refractivity contribution in [2.75, 3.05) is 51.2 Å². The molecular weight excluding hydrogens is 570 g/mol. The van der Waals surface area contributed by atoms with E-state index in [1.165, 1.54) is 17.0 Å². The number of likely N-dealkylation sites (tertiary alicyclic amines) is 1. The molecule has 0 radical (unpaired) electrons. The number of anilines is 1. The molecule has 4 rings (SSSR count). The highest BCUT2D eigenvalue weighted by Gasteiger charge is 2.42. The molecule has 2 N–H and O–H groups in total. The number of alkyl halides is 4. The summed E-state index contributed by atoms with van der Waals surface area (Å²) in [4.78, 5) is 39.7. The molecule has 2 amide bonds. The summed E-state index contributed by atoms with van der Waals surface area (Å²) in [5, 5.41) is 17.4. The summed E-state index contributed by atoms with van der Waals surface area (Å²) in [5.74, 6) is -5.16. The second-order valence-corrected chi connectivity index (χ2v) is 10.4. The van der Waals surface area contributed by atoms with Gasteiger partial charge in [-0.15, -0.1) is 0 Å². The first-order chi connectivity index (χ1) is 17.3. The van der Waals surface area contributed by atoms with Crippen LogP contribution in [0.5, 0.6) is 0 Å². The average Bonchev–Trinajstić information content (AvgIpc) is 2.82. The van der Waals surface area contributed by atoms with Crippen LogP contribution < -0.4 is 10.6 Å². The maximum Gasteiger partial charge on any atom is 0.373 e. The minimum absolute atomic E-state index is 0.0807. The summed E-state index contributed by atoms with van der Waals surface area (Å²) in [7, 11) is 0. The molecule has 37 heavy (non-hydrogen) atoms. The third-order valence-corrected chi connectivity index (χ3v) is 7.05. The monoisotopic (exact) mass is 595 g/mol. The molecule has 0 aromatic heterocycles. The van der Waals surface area contributed by atoms with Crippen LogP contribution in [0.25, 0.3) is 0 Å². The third kappa shape index (κ3) is 6.49. The molecule has 3 heterocycles. The van der Waals surface area contributed by atoms with Gasteiger partial charge in [-0.05, 0) is 18.9 Å². The van der Waals surface area contributed by atoms with Crippen LogP contribution in [0.1, 0.15) is 29.6 Å². The number of hydrogen-bond acceptors (Lipinski definition) is 7. The van der Waals surface area contributed by atoms with E-state index in [0.717, 1.165) is 4.90 Å². The van der Waals surface area contributed by atoms with Crippen LogP contribution in [0.2, 0.25) is 0 Å². The van der Waals surface area contributed by atoms with Crippen molar-refractivity contribution in [3.8, 4) is 0 Å². The van der Waals surface area contributed by atoms with E-state index in [1.807, 2.05) is 0 Å². The molecule has 204 valence electrons. The lowest BCUT2D eigenvalue weighted by molar-refractivity contribution is -0.384. The fraction of sp³-hybridized carbons (Fsp3) is 0.636. The van der Waals surface area contributed by atoms with E-state index in [4.69, 9.17) is 0 Å². The van der Waals surface area contributed by atoms with E-state index in [9.17, 15) is 37.3 Å². The van der Waals surface area contributed by atoms with Crippen LogP contribution in [0.15, 0.2) is 16.6 Å². The number of carbonyl (C=O) groups is 2. The highest BCUT2D eigenvalue weighted by molar-refractivity contribution is 9.10. The molecule has 2 atom stereocenters. The SMILES string of the molecule is O=C(c1cc(Br)cc([N+](=O)[O-])c1N[C@@H]1CCCN(C(=O)[C@H]2CNCC(F)(F)C2)C1)N1CCOC(F)(F)C1. The Bertz CT molecular complexity index is 1080. The number of nitrogens with one attached hydrogen (secondary N) is 2. The number of rotatable bonds is 5. The number of nitrogens with zero attached hydrogens (tertiary/aromatic N) is 3. The summed E-state index contributed by atoms with van der Waals surface area (Å²) < 4.78 is 59.8. The fourth-order valence-electron chi connectivity index (χ4n) is 4.92. The van der Waals surface area contributed by atoms with E-state index in [2.05, 4.69) is 31.3 Å². The van der Waals surface area contributed by atoms with Gasteiger partial charge in [-0.25, -0.2) is 8.78 Å². The van der Waals surface area contributed by atoms with Crippen molar-refractivity contribution < 1.29 is 36.8 Å². The van der Waals surface area contributed by atoms with Crippen LogP contribution in [0.3, 0.4) is 0 Å². The van der Waals surface area contributed by atoms with E-state index < -0.39 is 72.5 Å². The summed E-state index contributed by atoms with van der Waals surface area (Å²) in [6, 6.07) is 1.97. The fourth-order valence-corrected chi connectivity index (χ4v) is 5.36. The second-order valence-electron chi connectivity index (χ2n) is 9.47. The molecular formula is C22H26BrF4N5O5. The Morgan fingerprint density at radius 1 is 1.22 bits per heavy atom. The number of nitro groups is 1. The normalized spacial score (nSPS) is 25.4. The van der Waals surface area contributed by atoms with Crippen LogP contribution in [-0.4, -0.2) is 90.5 Å². The van der Waals surface area contributed by atoms with Crippen molar-refractivity contribution in [3.63, 3.8) is 0 Å². The smallest absolute Gasteiger partial charge is 0.373 e. The molecule has 10 nitrogen and oxygen atoms in total. The van der Waals surface area contributed by atoms with Crippen molar-refractivity contribution in [2.24, 2.45) is 5.92 Å². The molecule has 1 aromatic carbocycles. The number of ether oxygens (including phenoxy) is 1. The lowest BCUT2D eigenvalue weighted by atomic mass is 9.94. The van der Waals surface area contributed by atoms with Crippen molar-refractivity contribution >= 4 is 39.1 Å². The summed E-state index contributed by atoms with van der Waals surface area (Å²) in [6.07, 6.45) is -3.12. The zero-order valence-corrected chi connectivity index (χ0v) is 21.2. The maximum atomic E-state index is 13.8. The van der Waals surface area contributed by atoms with Gasteiger partial charge in [0.05, 0.1) is 29.6 Å². The number of benzene rings is 1. The molecule has 0 aliphatic carbocycles. The third-order valence-electron chi connectivity index (χ3n) is 6.60. The van der Waals surface area contributed by atoms with Gasteiger partial charge in [0.1, 0.15) is 12.2 Å². The number of amides is 2. The Labute approximate surface area is 217 Å². The molecule has 0 unspecified atom stereocenters. The van der Waals surface area contributed by atoms with Gasteiger partial charge in [0.2, 0.25) is 5.91 Å². The Balaban J connectivity index is 1.56. The first kappa shape index (κ1) is 27.5. The molecule has 0 saturated carbocycles. The Hall–Kier alpha value is -2.52. The highest BCUT2D eigenvalue weighted by atomic mass is 79.9. The topological polar surface area (TPSA) is 117 Å². The standard InChI is InChI=1S/C22H26BrF4N5O5/c23-14-6-16(20(34)31-4-5-37-22(26,27)12-31)18(17(7-14)32(35)36)29-15-2-1-3-30(10-15)19(33)13-8-21(24,25)11-28-9-13/h6-7,13,15,28-29H,1-5,8-12H2/t13-,15-/m1/s1. The Kier molecular flexibility index (Phi) is 7.95. The number of piperidine rings is 2. The van der Waals surface area contributed by atoms with Crippen molar-refractivity contribution in [2.45, 2.75) is 37.3 Å². The molecule has 3 aliphatic rings. The lowest BCUT2D eigenvalue weighted by Gasteiger charge is -2.38. The van der Waals surface area contributed by atoms with Gasteiger partial charge in [0.15, 0.2) is 0 Å². The molecule has 3 aliphatic heterocycles. The molecule has 3 fully saturated rings. The minimum Gasteiger partial charge on any atom is -0.374 e. The van der Waals surface area contributed by atoms with Crippen LogP contribution in [-0.2, 0) is 9.53 Å². The summed E-state index contributed by atoms with van der Waals surface area (Å²) in [5.41, 5.74) is -0.783. The quantitative estimate of drug-likeness (QED) is 0.305. The largest absolute Gasteiger partial charge is 0.374 e. The van der Waals surface area contributed by atoms with Gasteiger partial charge in [0, 0.05) is 49.2 Å². The van der Waals surface area contributed by atoms with Gasteiger partial charge in [-0.3, -0.25) is 19.7 Å². The molecule has 0 spiro atoms. The van der Waals surface area contributed by atoms with E-state index in [0.29, 0.717) is 19.4 Å². The predicted octanol–water partition coefficient (Wildman–Crippen LogP) is 3.07. The number of carbonyl (C=O) groups excluding carboxylic acids is 2. The molecule has 1 aromatic rings. The zero-order chi connectivity index (χ0) is 27.0. The van der Waals surface area contributed by atoms with Gasteiger partial charge in [-0.2, -0.15) is 8.78 Å².